The number of rotatable bonds is 2. The van der Waals surface area contributed by atoms with Crippen molar-refractivity contribution in [2.24, 2.45) is 0 Å². The van der Waals surface area contributed by atoms with Gasteiger partial charge >= 0.3 is 0 Å². The molecule has 1 N–H and O–H groups in total. The second-order valence-electron chi connectivity index (χ2n) is 3.95. The minimum Gasteiger partial charge on any atom is -0.508 e. The maximum atomic E-state index is 11.0. The molecule has 0 bridgehead atoms. The highest BCUT2D eigenvalue weighted by Gasteiger charge is 2.17. The van der Waals surface area contributed by atoms with Crippen LogP contribution in [0.5, 0.6) is 5.75 Å². The van der Waals surface area contributed by atoms with Crippen LogP contribution in [0.25, 0.3) is 20.8 Å². The van der Waals surface area contributed by atoms with Gasteiger partial charge in [0.1, 0.15) is 10.8 Å². The molecule has 0 radical (unpaired) electrons. The maximum Gasteiger partial charge on any atom is 0.279 e. The first kappa shape index (κ1) is 11.6. The Kier molecular flexibility index (Phi) is 2.64. The number of benzene rings is 2. The molecule has 5 nitrogen and oxygen atoms in total. The highest BCUT2D eigenvalue weighted by Crippen LogP contribution is 2.36. The Morgan fingerprint density at radius 3 is 2.79 bits per heavy atom. The lowest BCUT2D eigenvalue weighted by Crippen LogP contribution is -1.90. The quantitative estimate of drug-likeness (QED) is 0.571. The van der Waals surface area contributed by atoms with E-state index in [0.717, 1.165) is 10.2 Å². The summed E-state index contributed by atoms with van der Waals surface area (Å²) >= 11 is 1.32. The molecule has 1 aromatic heterocycles. The number of aromatic nitrogens is 1. The number of nitro benzene ring substituents is 1. The first-order chi connectivity index (χ1) is 9.15. The summed E-state index contributed by atoms with van der Waals surface area (Å²) in [4.78, 5) is 15.0. The van der Waals surface area contributed by atoms with E-state index in [1.54, 1.807) is 36.4 Å². The highest BCUT2D eigenvalue weighted by molar-refractivity contribution is 7.21. The number of phenols is 1. The van der Waals surface area contributed by atoms with Crippen molar-refractivity contribution in [3.63, 3.8) is 0 Å². The molecule has 0 unspecified atom stereocenters. The van der Waals surface area contributed by atoms with Crippen LogP contribution < -0.4 is 0 Å². The SMILES string of the molecule is O=[N+]([O-])c1ccccc1-c1nc2ccc(O)cc2s1. The molecule has 1 heterocycles. The fourth-order valence-corrected chi connectivity index (χ4v) is 2.87. The van der Waals surface area contributed by atoms with Gasteiger partial charge in [0, 0.05) is 6.07 Å². The van der Waals surface area contributed by atoms with Crippen LogP contribution in [0, 0.1) is 10.1 Å². The van der Waals surface area contributed by atoms with E-state index in [-0.39, 0.29) is 11.4 Å². The van der Waals surface area contributed by atoms with Crippen LogP contribution in [0.4, 0.5) is 5.69 Å². The van der Waals surface area contributed by atoms with Crippen LogP contribution in [-0.2, 0) is 0 Å². The van der Waals surface area contributed by atoms with Crippen molar-refractivity contribution >= 4 is 27.2 Å². The van der Waals surface area contributed by atoms with Gasteiger partial charge in [-0.2, -0.15) is 0 Å². The van der Waals surface area contributed by atoms with E-state index in [0.29, 0.717) is 10.6 Å². The standard InChI is InChI=1S/C13H8N2O3S/c16-8-5-6-10-12(7-8)19-13(14-10)9-3-1-2-4-11(9)15(17)18/h1-7,16H. The van der Waals surface area contributed by atoms with Crippen molar-refractivity contribution < 1.29 is 10.0 Å². The summed E-state index contributed by atoms with van der Waals surface area (Å²) in [6.07, 6.45) is 0. The first-order valence-corrected chi connectivity index (χ1v) is 6.30. The number of nitro groups is 1. The molecule has 19 heavy (non-hydrogen) atoms. The predicted octanol–water partition coefficient (Wildman–Crippen LogP) is 3.58. The Morgan fingerprint density at radius 1 is 1.21 bits per heavy atom. The Hall–Kier alpha value is -2.47. The fraction of sp³-hybridized carbons (Fsp3) is 0. The zero-order valence-corrected chi connectivity index (χ0v) is 10.4. The molecule has 0 saturated heterocycles. The van der Waals surface area contributed by atoms with Gasteiger partial charge in [-0.25, -0.2) is 4.98 Å². The predicted molar refractivity (Wildman–Crippen MR) is 73.4 cm³/mol. The third kappa shape index (κ3) is 2.02. The average molecular weight is 272 g/mol. The lowest BCUT2D eigenvalue weighted by molar-refractivity contribution is -0.384. The lowest BCUT2D eigenvalue weighted by Gasteiger charge is -1.97. The molecule has 0 fully saturated rings. The second-order valence-corrected chi connectivity index (χ2v) is 4.98. The van der Waals surface area contributed by atoms with E-state index in [1.807, 2.05) is 0 Å². The maximum absolute atomic E-state index is 11.0. The van der Waals surface area contributed by atoms with Crippen molar-refractivity contribution in [2.75, 3.05) is 0 Å². The van der Waals surface area contributed by atoms with Gasteiger partial charge in [0.25, 0.3) is 5.69 Å². The van der Waals surface area contributed by atoms with Gasteiger partial charge in [-0.05, 0) is 24.3 Å². The van der Waals surface area contributed by atoms with E-state index in [4.69, 9.17) is 0 Å². The Labute approximate surface area is 111 Å². The molecule has 3 aromatic rings. The number of phenolic OH excluding ortho intramolecular Hbond substituents is 1. The smallest absolute Gasteiger partial charge is 0.279 e. The lowest BCUT2D eigenvalue weighted by atomic mass is 10.2. The zero-order chi connectivity index (χ0) is 13.4. The minimum atomic E-state index is -0.418. The van der Waals surface area contributed by atoms with E-state index < -0.39 is 4.92 Å². The summed E-state index contributed by atoms with van der Waals surface area (Å²) in [6, 6.07) is 11.3. The van der Waals surface area contributed by atoms with E-state index in [2.05, 4.69) is 4.98 Å². The highest BCUT2D eigenvalue weighted by atomic mass is 32.1. The van der Waals surface area contributed by atoms with Gasteiger partial charge in [-0.3, -0.25) is 10.1 Å². The molecule has 94 valence electrons. The number of nitrogens with zero attached hydrogens (tertiary/aromatic N) is 2. The largest absolute Gasteiger partial charge is 0.508 e. The molecule has 0 amide bonds. The minimum absolute atomic E-state index is 0.0331. The topological polar surface area (TPSA) is 76.3 Å². The van der Waals surface area contributed by atoms with E-state index in [9.17, 15) is 15.2 Å². The van der Waals surface area contributed by atoms with Crippen molar-refractivity contribution in [3.05, 3.63) is 52.6 Å². The van der Waals surface area contributed by atoms with Crippen molar-refractivity contribution in [2.45, 2.75) is 0 Å². The monoisotopic (exact) mass is 272 g/mol. The van der Waals surface area contributed by atoms with Gasteiger partial charge in [-0.15, -0.1) is 11.3 Å². The number of aromatic hydroxyl groups is 1. The fourth-order valence-electron chi connectivity index (χ4n) is 1.84. The normalized spacial score (nSPS) is 10.7. The molecule has 0 aliphatic rings. The van der Waals surface area contributed by atoms with Gasteiger partial charge in [0.2, 0.25) is 0 Å². The summed E-state index contributed by atoms with van der Waals surface area (Å²) in [5, 5.41) is 21.0. The second kappa shape index (κ2) is 4.33. The number of fused-ring (bicyclic) bond motifs is 1. The molecule has 6 heteroatoms. The molecule has 3 rings (SSSR count). The third-order valence-electron chi connectivity index (χ3n) is 2.70. The molecule has 0 atom stereocenters. The van der Waals surface area contributed by atoms with Crippen molar-refractivity contribution in [1.29, 1.82) is 0 Å². The van der Waals surface area contributed by atoms with Crippen LogP contribution in [0.15, 0.2) is 42.5 Å². The third-order valence-corrected chi connectivity index (χ3v) is 3.75. The van der Waals surface area contributed by atoms with Gasteiger partial charge in [0.15, 0.2) is 0 Å². The Bertz CT molecular complexity index is 782. The average Bonchev–Trinajstić information content (AvgIpc) is 2.81. The van der Waals surface area contributed by atoms with Gasteiger partial charge in [0.05, 0.1) is 20.7 Å². The molecular weight excluding hydrogens is 264 g/mol. The molecular formula is C13H8N2O3S. The van der Waals surface area contributed by atoms with Crippen LogP contribution in [0.2, 0.25) is 0 Å². The van der Waals surface area contributed by atoms with E-state index in [1.165, 1.54) is 17.4 Å². The van der Waals surface area contributed by atoms with E-state index >= 15 is 0 Å². The van der Waals surface area contributed by atoms with Crippen molar-refractivity contribution in [3.8, 4) is 16.3 Å². The van der Waals surface area contributed by atoms with Gasteiger partial charge < -0.3 is 5.11 Å². The van der Waals surface area contributed by atoms with Crippen molar-refractivity contribution in [1.82, 2.24) is 4.98 Å². The summed E-state index contributed by atoms with van der Waals surface area (Å²) in [5.74, 6) is 0.158. The van der Waals surface area contributed by atoms with Crippen LogP contribution in [-0.4, -0.2) is 15.0 Å². The number of thiazole rings is 1. The van der Waals surface area contributed by atoms with Crippen LogP contribution in [0.1, 0.15) is 0 Å². The summed E-state index contributed by atoms with van der Waals surface area (Å²) in [7, 11) is 0. The Morgan fingerprint density at radius 2 is 2.00 bits per heavy atom. The molecule has 2 aromatic carbocycles. The molecule has 0 saturated carbocycles. The molecule has 0 aliphatic carbocycles. The number of hydrogen-bond donors (Lipinski definition) is 1. The Balaban J connectivity index is 2.22. The summed E-state index contributed by atoms with van der Waals surface area (Å²) in [5.41, 5.74) is 1.25. The zero-order valence-electron chi connectivity index (χ0n) is 9.61. The summed E-state index contributed by atoms with van der Waals surface area (Å²) < 4.78 is 0.799. The molecule has 0 spiro atoms. The number of para-hydroxylation sites is 1. The first-order valence-electron chi connectivity index (χ1n) is 5.48. The number of hydrogen-bond acceptors (Lipinski definition) is 5. The van der Waals surface area contributed by atoms with Gasteiger partial charge in [-0.1, -0.05) is 12.1 Å². The molecule has 0 aliphatic heterocycles. The van der Waals surface area contributed by atoms with Crippen LogP contribution >= 0.6 is 11.3 Å². The van der Waals surface area contributed by atoms with Crippen LogP contribution in [0.3, 0.4) is 0 Å². The summed E-state index contributed by atoms with van der Waals surface area (Å²) in [6.45, 7) is 0.